The highest BCUT2D eigenvalue weighted by atomic mass is 16.3. The maximum atomic E-state index is 10.2. The minimum atomic E-state index is -0.103. The largest absolute Gasteiger partial charge is 0.393 e. The number of aliphatic hydroxyl groups is 2. The van der Waals surface area contributed by atoms with E-state index in [0.29, 0.717) is 11.3 Å². The lowest BCUT2D eigenvalue weighted by Gasteiger charge is -2.40. The molecular formula is C15H26O2. The minimum Gasteiger partial charge on any atom is -0.393 e. The Labute approximate surface area is 105 Å². The second-order valence-corrected chi connectivity index (χ2v) is 6.57. The highest BCUT2D eigenvalue weighted by Crippen LogP contribution is 2.67. The van der Waals surface area contributed by atoms with Crippen LogP contribution >= 0.6 is 0 Å². The van der Waals surface area contributed by atoms with E-state index in [1.807, 2.05) is 6.92 Å². The van der Waals surface area contributed by atoms with Crippen LogP contribution in [0.4, 0.5) is 0 Å². The van der Waals surface area contributed by atoms with E-state index in [-0.39, 0.29) is 18.1 Å². The summed E-state index contributed by atoms with van der Waals surface area (Å²) in [5.41, 5.74) is 1.47. The van der Waals surface area contributed by atoms with Gasteiger partial charge in [-0.3, -0.25) is 0 Å². The second-order valence-electron chi connectivity index (χ2n) is 6.57. The van der Waals surface area contributed by atoms with Gasteiger partial charge < -0.3 is 10.2 Å². The zero-order valence-electron chi connectivity index (χ0n) is 11.4. The summed E-state index contributed by atoms with van der Waals surface area (Å²) in [7, 11) is 0. The van der Waals surface area contributed by atoms with Gasteiger partial charge in [0, 0.05) is 0 Å². The van der Waals surface area contributed by atoms with Gasteiger partial charge in [0.05, 0.1) is 12.7 Å². The van der Waals surface area contributed by atoms with Gasteiger partial charge in [0.2, 0.25) is 0 Å². The van der Waals surface area contributed by atoms with Crippen LogP contribution in [-0.2, 0) is 0 Å². The fourth-order valence-corrected chi connectivity index (χ4v) is 4.17. The molecule has 2 heteroatoms. The van der Waals surface area contributed by atoms with Crippen molar-refractivity contribution in [1.29, 1.82) is 0 Å². The monoisotopic (exact) mass is 238 g/mol. The Morgan fingerprint density at radius 3 is 2.59 bits per heavy atom. The topological polar surface area (TPSA) is 40.5 Å². The molecule has 2 aliphatic carbocycles. The Balaban J connectivity index is 2.05. The Hall–Kier alpha value is -0.340. The van der Waals surface area contributed by atoms with Gasteiger partial charge in [0.15, 0.2) is 0 Å². The van der Waals surface area contributed by atoms with Gasteiger partial charge in [-0.2, -0.15) is 0 Å². The predicted octanol–water partition coefficient (Wildman–Crippen LogP) is 2.89. The van der Waals surface area contributed by atoms with Crippen molar-refractivity contribution < 1.29 is 10.2 Å². The van der Waals surface area contributed by atoms with Crippen LogP contribution in [0.5, 0.6) is 0 Å². The van der Waals surface area contributed by atoms with Crippen LogP contribution in [0.3, 0.4) is 0 Å². The van der Waals surface area contributed by atoms with Crippen LogP contribution in [0, 0.1) is 16.7 Å². The molecule has 0 aliphatic heterocycles. The molecule has 4 atom stereocenters. The molecule has 0 heterocycles. The van der Waals surface area contributed by atoms with Crippen LogP contribution in [-0.4, -0.2) is 22.9 Å². The van der Waals surface area contributed by atoms with E-state index in [1.54, 1.807) is 0 Å². The fraction of sp³-hybridized carbons (Fsp3) is 0.867. The molecule has 2 nitrogen and oxygen atoms in total. The maximum Gasteiger partial charge on any atom is 0.0639 e. The first kappa shape index (κ1) is 13.1. The molecule has 0 radical (unpaired) electrons. The van der Waals surface area contributed by atoms with Gasteiger partial charge >= 0.3 is 0 Å². The summed E-state index contributed by atoms with van der Waals surface area (Å²) in [5.74, 6) is 0.699. The fourth-order valence-electron chi connectivity index (χ4n) is 4.17. The first-order chi connectivity index (χ1) is 7.94. The van der Waals surface area contributed by atoms with Crippen molar-refractivity contribution in [1.82, 2.24) is 0 Å². The summed E-state index contributed by atoms with van der Waals surface area (Å²) in [6.07, 6.45) is 7.68. The van der Waals surface area contributed by atoms with E-state index < -0.39 is 0 Å². The molecule has 0 aromatic carbocycles. The van der Waals surface area contributed by atoms with Crippen molar-refractivity contribution in [3.63, 3.8) is 0 Å². The van der Waals surface area contributed by atoms with Gasteiger partial charge in [-0.1, -0.05) is 25.5 Å². The predicted molar refractivity (Wildman–Crippen MR) is 69.6 cm³/mol. The third-order valence-electron chi connectivity index (χ3n) is 5.87. The highest BCUT2D eigenvalue weighted by Gasteiger charge is 2.62. The molecule has 2 rings (SSSR count). The summed E-state index contributed by atoms with van der Waals surface area (Å²) in [6.45, 7) is 6.78. The third-order valence-corrected chi connectivity index (χ3v) is 5.87. The molecule has 0 amide bonds. The summed E-state index contributed by atoms with van der Waals surface area (Å²) in [4.78, 5) is 0. The lowest BCUT2D eigenvalue weighted by Crippen LogP contribution is -2.37. The van der Waals surface area contributed by atoms with Gasteiger partial charge in [-0.25, -0.2) is 0 Å². The van der Waals surface area contributed by atoms with Crippen LogP contribution in [0.15, 0.2) is 11.6 Å². The second kappa shape index (κ2) is 4.40. The number of allylic oxidation sites excluding steroid dienone is 1. The van der Waals surface area contributed by atoms with Crippen molar-refractivity contribution in [3.05, 3.63) is 11.6 Å². The Morgan fingerprint density at radius 1 is 1.41 bits per heavy atom. The molecule has 0 unspecified atom stereocenters. The zero-order chi connectivity index (χ0) is 12.7. The van der Waals surface area contributed by atoms with Crippen LogP contribution in [0.2, 0.25) is 0 Å². The van der Waals surface area contributed by atoms with Crippen molar-refractivity contribution in [2.75, 3.05) is 6.61 Å². The normalized spacial score (nSPS) is 45.6. The molecule has 0 saturated heterocycles. The smallest absolute Gasteiger partial charge is 0.0639 e. The third kappa shape index (κ3) is 1.86. The molecule has 2 fully saturated rings. The zero-order valence-corrected chi connectivity index (χ0v) is 11.4. The van der Waals surface area contributed by atoms with Crippen molar-refractivity contribution in [3.8, 4) is 0 Å². The Kier molecular flexibility index (Phi) is 3.39. The van der Waals surface area contributed by atoms with Gasteiger partial charge in [-0.15, -0.1) is 0 Å². The van der Waals surface area contributed by atoms with E-state index in [0.717, 1.165) is 24.8 Å². The van der Waals surface area contributed by atoms with E-state index >= 15 is 0 Å². The molecule has 98 valence electrons. The van der Waals surface area contributed by atoms with Crippen LogP contribution in [0.1, 0.15) is 52.9 Å². The van der Waals surface area contributed by atoms with E-state index in [2.05, 4.69) is 19.9 Å². The van der Waals surface area contributed by atoms with Crippen molar-refractivity contribution in [2.45, 2.75) is 59.0 Å². The molecular weight excluding hydrogens is 212 g/mol. The van der Waals surface area contributed by atoms with Crippen molar-refractivity contribution in [2.24, 2.45) is 16.7 Å². The molecule has 17 heavy (non-hydrogen) atoms. The lowest BCUT2D eigenvalue weighted by molar-refractivity contribution is 0.00199. The molecule has 2 N–H and O–H groups in total. The van der Waals surface area contributed by atoms with Crippen molar-refractivity contribution >= 4 is 0 Å². The van der Waals surface area contributed by atoms with Crippen LogP contribution in [0.25, 0.3) is 0 Å². The van der Waals surface area contributed by atoms with Gasteiger partial charge in [0.25, 0.3) is 0 Å². The number of hydrogen-bond acceptors (Lipinski definition) is 2. The SMILES string of the molecule is C/C(=C/CC[C@@]1(C)[C@H]2CC[C@]1(C)[C@H](O)C2)CO. The van der Waals surface area contributed by atoms with E-state index in [9.17, 15) is 5.11 Å². The number of hydrogen-bond donors (Lipinski definition) is 2. The Morgan fingerprint density at radius 2 is 2.12 bits per heavy atom. The van der Waals surface area contributed by atoms with Gasteiger partial charge in [0.1, 0.15) is 0 Å². The number of aliphatic hydroxyl groups excluding tert-OH is 2. The summed E-state index contributed by atoms with van der Waals surface area (Å²) >= 11 is 0. The van der Waals surface area contributed by atoms with E-state index in [4.69, 9.17) is 5.11 Å². The van der Waals surface area contributed by atoms with Crippen LogP contribution < -0.4 is 0 Å². The van der Waals surface area contributed by atoms with Gasteiger partial charge in [-0.05, 0) is 55.8 Å². The molecule has 2 aliphatic rings. The minimum absolute atomic E-state index is 0.103. The average molecular weight is 238 g/mol. The quantitative estimate of drug-likeness (QED) is 0.739. The Bertz CT molecular complexity index is 323. The lowest BCUT2D eigenvalue weighted by atomic mass is 9.66. The molecule has 0 spiro atoms. The molecule has 2 bridgehead atoms. The summed E-state index contributed by atoms with van der Waals surface area (Å²) < 4.78 is 0. The maximum absolute atomic E-state index is 10.2. The first-order valence-corrected chi connectivity index (χ1v) is 6.88. The standard InChI is InChI=1S/C15H26O2/c1-11(10-16)5-4-7-14(2)12-6-8-15(14,3)13(17)9-12/h5,12-13,16-17H,4,6-10H2,1-3H3/b11-5-/t12-,13+,14-,15+/m0/s1. The highest BCUT2D eigenvalue weighted by molar-refractivity contribution is 5.13. The molecule has 0 aromatic heterocycles. The number of fused-ring (bicyclic) bond motifs is 2. The number of rotatable bonds is 4. The average Bonchev–Trinajstić information content (AvgIpc) is 2.64. The molecule has 0 aromatic rings. The molecule has 2 saturated carbocycles. The first-order valence-electron chi connectivity index (χ1n) is 6.88. The summed E-state index contributed by atoms with van der Waals surface area (Å²) in [5, 5.41) is 19.2. The van der Waals surface area contributed by atoms with E-state index in [1.165, 1.54) is 12.8 Å². The summed E-state index contributed by atoms with van der Waals surface area (Å²) in [6, 6.07) is 0.